The SMILES string of the molecule is C=C(CC)NC(=C)c1ccccc1-c1ccc(CC2=C(CCC)N=C(CC)N(c3ccc(N4CCC5(CC4)OCCO5)cc3)C2=C)cc1. The van der Waals surface area contributed by atoms with Crippen molar-refractivity contribution in [3.8, 4) is 11.1 Å². The molecule has 1 N–H and O–H groups in total. The van der Waals surface area contributed by atoms with E-state index in [-0.39, 0.29) is 5.79 Å². The molecule has 6 rings (SSSR count). The van der Waals surface area contributed by atoms with Gasteiger partial charge in [0.2, 0.25) is 0 Å². The zero-order valence-corrected chi connectivity index (χ0v) is 29.0. The maximum Gasteiger partial charge on any atom is 0.171 e. The molecule has 0 atom stereocenters. The monoisotopic (exact) mass is 642 g/mol. The predicted octanol–water partition coefficient (Wildman–Crippen LogP) is 9.62. The van der Waals surface area contributed by atoms with E-state index in [4.69, 9.17) is 14.5 Å². The number of benzene rings is 3. The molecule has 48 heavy (non-hydrogen) atoms. The summed E-state index contributed by atoms with van der Waals surface area (Å²) in [6, 6.07) is 26.2. The Bertz CT molecular complexity index is 1700. The van der Waals surface area contributed by atoms with Gasteiger partial charge in [0.1, 0.15) is 5.84 Å². The minimum Gasteiger partial charge on any atom is -0.371 e. The van der Waals surface area contributed by atoms with Gasteiger partial charge in [0.05, 0.1) is 13.2 Å². The molecule has 0 bridgehead atoms. The number of anilines is 2. The number of aliphatic imine (C=N–C) groups is 1. The summed E-state index contributed by atoms with van der Waals surface area (Å²) in [6.45, 7) is 22.8. The molecule has 6 nitrogen and oxygen atoms in total. The molecule has 0 saturated carbocycles. The van der Waals surface area contributed by atoms with Crippen LogP contribution in [0.15, 0.2) is 120 Å². The lowest BCUT2D eigenvalue weighted by atomic mass is 9.93. The fourth-order valence-electron chi connectivity index (χ4n) is 7.00. The molecule has 1 spiro atoms. The average Bonchev–Trinajstić information content (AvgIpc) is 3.58. The summed E-state index contributed by atoms with van der Waals surface area (Å²) in [7, 11) is 0. The van der Waals surface area contributed by atoms with E-state index in [9.17, 15) is 0 Å². The molecule has 6 heteroatoms. The van der Waals surface area contributed by atoms with Crippen molar-refractivity contribution in [1.29, 1.82) is 0 Å². The van der Waals surface area contributed by atoms with Crippen molar-refractivity contribution in [2.45, 2.75) is 71.5 Å². The lowest BCUT2D eigenvalue weighted by Gasteiger charge is -2.39. The summed E-state index contributed by atoms with van der Waals surface area (Å²) in [5.74, 6) is 0.677. The molecular formula is C42H50N4O2. The third kappa shape index (κ3) is 7.06. The Kier molecular flexibility index (Phi) is 10.3. The van der Waals surface area contributed by atoms with Crippen LogP contribution in [-0.2, 0) is 15.9 Å². The first-order valence-electron chi connectivity index (χ1n) is 17.6. The number of hydrogen-bond donors (Lipinski definition) is 1. The molecule has 0 unspecified atom stereocenters. The second kappa shape index (κ2) is 14.8. The first-order chi connectivity index (χ1) is 23.3. The fraction of sp³-hybridized carbons (Fsp3) is 0.357. The fourth-order valence-corrected chi connectivity index (χ4v) is 7.00. The van der Waals surface area contributed by atoms with E-state index in [2.05, 4.69) is 128 Å². The van der Waals surface area contributed by atoms with Gasteiger partial charge in [-0.05, 0) is 53.8 Å². The van der Waals surface area contributed by atoms with Gasteiger partial charge in [-0.2, -0.15) is 0 Å². The maximum atomic E-state index is 5.94. The smallest absolute Gasteiger partial charge is 0.171 e. The first-order valence-corrected chi connectivity index (χ1v) is 17.6. The standard InChI is InChI=1S/C42H50N4O2/c1-7-12-40-39(29-33-15-17-34(18-16-33)38-14-11-10-13-37(38)31(5)43-30(4)8-2)32(6)46(41(9-3)44-40)36-21-19-35(20-22-36)45-25-23-42(24-26-45)47-27-28-48-42/h10-11,13-22,43H,4-9,12,23-29H2,1-3H3. The number of hydrogen-bond acceptors (Lipinski definition) is 6. The molecule has 2 saturated heterocycles. The van der Waals surface area contributed by atoms with Gasteiger partial charge in [-0.25, -0.2) is 4.99 Å². The maximum absolute atomic E-state index is 5.94. The summed E-state index contributed by atoms with van der Waals surface area (Å²) in [6.07, 6.45) is 6.21. The van der Waals surface area contributed by atoms with Crippen LogP contribution in [0.3, 0.4) is 0 Å². The summed E-state index contributed by atoms with van der Waals surface area (Å²) in [4.78, 5) is 9.95. The van der Waals surface area contributed by atoms with Crippen molar-refractivity contribution in [2.24, 2.45) is 4.99 Å². The van der Waals surface area contributed by atoms with Crippen LogP contribution in [0.4, 0.5) is 11.4 Å². The van der Waals surface area contributed by atoms with Gasteiger partial charge < -0.3 is 19.7 Å². The number of allylic oxidation sites excluding steroid dienone is 3. The molecular weight excluding hydrogens is 592 g/mol. The summed E-state index contributed by atoms with van der Waals surface area (Å²) < 4.78 is 11.9. The van der Waals surface area contributed by atoms with Gasteiger partial charge >= 0.3 is 0 Å². The number of rotatable bonds is 12. The van der Waals surface area contributed by atoms with Crippen LogP contribution in [0.2, 0.25) is 0 Å². The van der Waals surface area contributed by atoms with E-state index in [1.807, 2.05) is 0 Å². The lowest BCUT2D eigenvalue weighted by molar-refractivity contribution is -0.169. The second-order valence-corrected chi connectivity index (χ2v) is 12.9. The summed E-state index contributed by atoms with van der Waals surface area (Å²) in [5.41, 5.74) is 12.1. The van der Waals surface area contributed by atoms with Crippen LogP contribution in [0.25, 0.3) is 16.8 Å². The van der Waals surface area contributed by atoms with Crippen molar-refractivity contribution in [2.75, 3.05) is 36.1 Å². The third-order valence-corrected chi connectivity index (χ3v) is 9.76. The van der Waals surface area contributed by atoms with E-state index < -0.39 is 0 Å². The van der Waals surface area contributed by atoms with Crippen molar-refractivity contribution < 1.29 is 9.47 Å². The van der Waals surface area contributed by atoms with Crippen molar-refractivity contribution in [1.82, 2.24) is 5.32 Å². The molecule has 0 aromatic heterocycles. The highest BCUT2D eigenvalue weighted by Gasteiger charge is 2.39. The van der Waals surface area contributed by atoms with Crippen LogP contribution in [0.5, 0.6) is 0 Å². The molecule has 3 heterocycles. The largest absolute Gasteiger partial charge is 0.371 e. The van der Waals surface area contributed by atoms with Gasteiger partial charge in [0.25, 0.3) is 0 Å². The van der Waals surface area contributed by atoms with Crippen LogP contribution in [0.1, 0.15) is 70.4 Å². The van der Waals surface area contributed by atoms with Crippen LogP contribution in [-0.4, -0.2) is 37.9 Å². The molecule has 0 aliphatic carbocycles. The van der Waals surface area contributed by atoms with Gasteiger partial charge in [-0.1, -0.05) is 95.5 Å². The topological polar surface area (TPSA) is 49.3 Å². The van der Waals surface area contributed by atoms with E-state index in [0.29, 0.717) is 13.2 Å². The Morgan fingerprint density at radius 2 is 1.54 bits per heavy atom. The first kappa shape index (κ1) is 33.5. The second-order valence-electron chi connectivity index (χ2n) is 12.9. The molecule has 0 radical (unpaired) electrons. The number of amidine groups is 1. The van der Waals surface area contributed by atoms with E-state index in [1.165, 1.54) is 16.8 Å². The minimum absolute atomic E-state index is 0.366. The Labute approximate surface area is 287 Å². The Morgan fingerprint density at radius 1 is 0.875 bits per heavy atom. The zero-order chi connectivity index (χ0) is 33.7. The summed E-state index contributed by atoms with van der Waals surface area (Å²) >= 11 is 0. The van der Waals surface area contributed by atoms with Crippen LogP contribution >= 0.6 is 0 Å². The molecule has 3 aliphatic rings. The Morgan fingerprint density at radius 3 is 2.19 bits per heavy atom. The van der Waals surface area contributed by atoms with Gasteiger partial charge in [-0.3, -0.25) is 4.90 Å². The van der Waals surface area contributed by atoms with E-state index >= 15 is 0 Å². The summed E-state index contributed by atoms with van der Waals surface area (Å²) in [5, 5.41) is 3.36. The highest BCUT2D eigenvalue weighted by molar-refractivity contribution is 6.03. The molecule has 250 valence electrons. The molecule has 3 aromatic carbocycles. The molecule has 2 fully saturated rings. The van der Waals surface area contributed by atoms with E-state index in [1.54, 1.807) is 0 Å². The highest BCUT2D eigenvalue weighted by Crippen LogP contribution is 2.37. The number of nitrogens with one attached hydrogen (secondary N) is 1. The molecule has 0 amide bonds. The highest BCUT2D eigenvalue weighted by atomic mass is 16.7. The lowest BCUT2D eigenvalue weighted by Crippen LogP contribution is -2.45. The van der Waals surface area contributed by atoms with Crippen LogP contribution < -0.4 is 15.1 Å². The van der Waals surface area contributed by atoms with Gasteiger partial charge in [0.15, 0.2) is 5.79 Å². The van der Waals surface area contributed by atoms with Gasteiger partial charge in [0, 0.05) is 84.1 Å². The van der Waals surface area contributed by atoms with Crippen molar-refractivity contribution in [3.63, 3.8) is 0 Å². The quantitative estimate of drug-likeness (QED) is 0.213. The minimum atomic E-state index is -0.366. The normalized spacial score (nSPS) is 17.6. The Hall–Kier alpha value is -4.39. The molecule has 3 aromatic rings. The van der Waals surface area contributed by atoms with E-state index in [0.717, 1.165) is 109 Å². The number of ether oxygens (including phenoxy) is 2. The third-order valence-electron chi connectivity index (χ3n) is 9.76. The predicted molar refractivity (Wildman–Crippen MR) is 201 cm³/mol. The number of nitrogens with zero attached hydrogens (tertiary/aromatic N) is 3. The average molecular weight is 643 g/mol. The molecule has 3 aliphatic heterocycles. The van der Waals surface area contributed by atoms with Crippen LogP contribution in [0, 0.1) is 0 Å². The Balaban J connectivity index is 1.21. The van der Waals surface area contributed by atoms with Gasteiger partial charge in [-0.15, -0.1) is 0 Å². The number of piperidine rings is 1. The van der Waals surface area contributed by atoms with Crippen molar-refractivity contribution >= 4 is 22.9 Å². The zero-order valence-electron chi connectivity index (χ0n) is 29.0. The van der Waals surface area contributed by atoms with Crippen molar-refractivity contribution in [3.05, 3.63) is 126 Å².